The third-order valence-corrected chi connectivity index (χ3v) is 2.98. The zero-order chi connectivity index (χ0) is 14.0. The fourth-order valence-electron chi connectivity index (χ4n) is 1.92. The molecule has 106 valence electrons. The molecule has 0 saturated heterocycles. The van der Waals surface area contributed by atoms with E-state index in [1.807, 2.05) is 13.8 Å². The van der Waals surface area contributed by atoms with Gasteiger partial charge in [0.25, 0.3) is 0 Å². The third kappa shape index (κ3) is 8.09. The number of carboxylic acid groups (broad SMARTS) is 1. The highest BCUT2D eigenvalue weighted by Gasteiger charge is 2.16. The van der Waals surface area contributed by atoms with E-state index in [0.717, 1.165) is 12.8 Å². The summed E-state index contributed by atoms with van der Waals surface area (Å²) in [6.07, 6.45) is 5.64. The van der Waals surface area contributed by atoms with Crippen molar-refractivity contribution in [3.05, 3.63) is 0 Å². The molecule has 1 amide bonds. The molecule has 0 aromatic heterocycles. The SMILES string of the molecule is CCCCCCC(=O)N(CCCC(=O)O)C(C)C. The van der Waals surface area contributed by atoms with Crippen LogP contribution in [0.2, 0.25) is 0 Å². The average molecular weight is 257 g/mol. The van der Waals surface area contributed by atoms with Gasteiger partial charge in [-0.3, -0.25) is 9.59 Å². The molecule has 4 nitrogen and oxygen atoms in total. The maximum absolute atomic E-state index is 12.0. The average Bonchev–Trinajstić information content (AvgIpc) is 2.29. The molecular weight excluding hydrogens is 230 g/mol. The molecule has 0 aliphatic carbocycles. The van der Waals surface area contributed by atoms with Crippen molar-refractivity contribution in [3.63, 3.8) is 0 Å². The number of carbonyl (C=O) groups is 2. The van der Waals surface area contributed by atoms with E-state index in [1.54, 1.807) is 4.90 Å². The number of carboxylic acids is 1. The lowest BCUT2D eigenvalue weighted by Crippen LogP contribution is -2.37. The van der Waals surface area contributed by atoms with Crippen molar-refractivity contribution >= 4 is 11.9 Å². The molecule has 1 N–H and O–H groups in total. The maximum atomic E-state index is 12.0. The Morgan fingerprint density at radius 2 is 1.72 bits per heavy atom. The number of hydrogen-bond donors (Lipinski definition) is 1. The lowest BCUT2D eigenvalue weighted by molar-refractivity contribution is -0.138. The topological polar surface area (TPSA) is 57.6 Å². The molecule has 0 aromatic carbocycles. The van der Waals surface area contributed by atoms with Crippen LogP contribution < -0.4 is 0 Å². The van der Waals surface area contributed by atoms with Crippen LogP contribution in [0.1, 0.15) is 65.7 Å². The number of carbonyl (C=O) groups excluding carboxylic acids is 1. The summed E-state index contributed by atoms with van der Waals surface area (Å²) in [6.45, 7) is 6.65. The summed E-state index contributed by atoms with van der Waals surface area (Å²) in [4.78, 5) is 24.3. The highest BCUT2D eigenvalue weighted by atomic mass is 16.4. The minimum atomic E-state index is -0.797. The van der Waals surface area contributed by atoms with Crippen LogP contribution >= 0.6 is 0 Å². The molecule has 0 atom stereocenters. The first-order valence-electron chi connectivity index (χ1n) is 7.00. The predicted molar refractivity (Wildman–Crippen MR) is 72.5 cm³/mol. The van der Waals surface area contributed by atoms with E-state index in [-0.39, 0.29) is 18.4 Å². The van der Waals surface area contributed by atoms with E-state index in [4.69, 9.17) is 5.11 Å². The summed E-state index contributed by atoms with van der Waals surface area (Å²) in [5.41, 5.74) is 0. The second-order valence-corrected chi connectivity index (χ2v) is 4.99. The van der Waals surface area contributed by atoms with Crippen LogP contribution in [-0.2, 0) is 9.59 Å². The molecule has 0 rings (SSSR count). The van der Waals surface area contributed by atoms with E-state index < -0.39 is 5.97 Å². The van der Waals surface area contributed by atoms with Crippen LogP contribution in [0, 0.1) is 0 Å². The monoisotopic (exact) mass is 257 g/mol. The van der Waals surface area contributed by atoms with Gasteiger partial charge in [-0.2, -0.15) is 0 Å². The smallest absolute Gasteiger partial charge is 0.303 e. The van der Waals surface area contributed by atoms with Crippen LogP contribution in [0.4, 0.5) is 0 Å². The second kappa shape index (κ2) is 9.92. The molecule has 0 saturated carbocycles. The van der Waals surface area contributed by atoms with Gasteiger partial charge in [-0.1, -0.05) is 26.2 Å². The minimum absolute atomic E-state index is 0.131. The Balaban J connectivity index is 3.99. The van der Waals surface area contributed by atoms with Crippen molar-refractivity contribution in [1.82, 2.24) is 4.90 Å². The van der Waals surface area contributed by atoms with Crippen molar-refractivity contribution in [2.24, 2.45) is 0 Å². The van der Waals surface area contributed by atoms with Crippen LogP contribution in [0.15, 0.2) is 0 Å². The van der Waals surface area contributed by atoms with Crippen molar-refractivity contribution in [2.75, 3.05) is 6.54 Å². The van der Waals surface area contributed by atoms with Gasteiger partial charge >= 0.3 is 5.97 Å². The Hall–Kier alpha value is -1.06. The summed E-state index contributed by atoms with van der Waals surface area (Å²) in [5.74, 6) is -0.638. The zero-order valence-electron chi connectivity index (χ0n) is 11.9. The number of hydrogen-bond acceptors (Lipinski definition) is 2. The van der Waals surface area contributed by atoms with Gasteiger partial charge in [0.2, 0.25) is 5.91 Å². The summed E-state index contributed by atoms with van der Waals surface area (Å²) in [7, 11) is 0. The van der Waals surface area contributed by atoms with E-state index in [9.17, 15) is 9.59 Å². The van der Waals surface area contributed by atoms with Gasteiger partial charge in [0.1, 0.15) is 0 Å². The highest BCUT2D eigenvalue weighted by molar-refractivity contribution is 5.76. The Morgan fingerprint density at radius 1 is 1.06 bits per heavy atom. The molecule has 0 heterocycles. The van der Waals surface area contributed by atoms with E-state index in [2.05, 4.69) is 6.92 Å². The lowest BCUT2D eigenvalue weighted by Gasteiger charge is -2.26. The van der Waals surface area contributed by atoms with Gasteiger partial charge in [0.05, 0.1) is 0 Å². The Kier molecular flexibility index (Phi) is 9.33. The standard InChI is InChI=1S/C14H27NO3/c1-4-5-6-7-9-13(16)15(12(2)3)11-8-10-14(17)18/h12H,4-11H2,1-3H3,(H,17,18). The molecule has 0 aromatic rings. The van der Waals surface area contributed by atoms with Gasteiger partial charge in [-0.05, 0) is 26.7 Å². The van der Waals surface area contributed by atoms with Gasteiger partial charge in [0, 0.05) is 25.4 Å². The Bertz CT molecular complexity index is 251. The molecule has 0 aliphatic heterocycles. The van der Waals surface area contributed by atoms with Gasteiger partial charge in [-0.25, -0.2) is 0 Å². The Morgan fingerprint density at radius 3 is 2.22 bits per heavy atom. The normalized spacial score (nSPS) is 10.7. The zero-order valence-corrected chi connectivity index (χ0v) is 11.9. The van der Waals surface area contributed by atoms with Crippen molar-refractivity contribution < 1.29 is 14.7 Å². The summed E-state index contributed by atoms with van der Waals surface area (Å²) in [6, 6.07) is 0.150. The molecule has 18 heavy (non-hydrogen) atoms. The fourth-order valence-corrected chi connectivity index (χ4v) is 1.92. The van der Waals surface area contributed by atoms with Crippen molar-refractivity contribution in [2.45, 2.75) is 71.8 Å². The van der Waals surface area contributed by atoms with E-state index in [0.29, 0.717) is 19.4 Å². The second-order valence-electron chi connectivity index (χ2n) is 4.99. The summed E-state index contributed by atoms with van der Waals surface area (Å²) in [5, 5.41) is 8.60. The number of rotatable bonds is 10. The molecule has 0 bridgehead atoms. The third-order valence-electron chi connectivity index (χ3n) is 2.98. The number of aliphatic carboxylic acids is 1. The largest absolute Gasteiger partial charge is 0.481 e. The highest BCUT2D eigenvalue weighted by Crippen LogP contribution is 2.09. The fraction of sp³-hybridized carbons (Fsp3) is 0.857. The molecule has 0 aliphatic rings. The van der Waals surface area contributed by atoms with Crippen LogP contribution in [0.3, 0.4) is 0 Å². The van der Waals surface area contributed by atoms with E-state index >= 15 is 0 Å². The summed E-state index contributed by atoms with van der Waals surface area (Å²) < 4.78 is 0. The van der Waals surface area contributed by atoms with Gasteiger partial charge in [0.15, 0.2) is 0 Å². The quantitative estimate of drug-likeness (QED) is 0.612. The van der Waals surface area contributed by atoms with Gasteiger partial charge < -0.3 is 10.0 Å². The van der Waals surface area contributed by atoms with Crippen LogP contribution in [0.5, 0.6) is 0 Å². The minimum Gasteiger partial charge on any atom is -0.481 e. The number of amides is 1. The van der Waals surface area contributed by atoms with Gasteiger partial charge in [-0.15, -0.1) is 0 Å². The number of unbranched alkanes of at least 4 members (excludes halogenated alkanes) is 3. The molecular formula is C14H27NO3. The first-order chi connectivity index (χ1) is 8.49. The summed E-state index contributed by atoms with van der Waals surface area (Å²) >= 11 is 0. The van der Waals surface area contributed by atoms with Crippen molar-refractivity contribution in [3.8, 4) is 0 Å². The molecule has 0 spiro atoms. The number of nitrogens with zero attached hydrogens (tertiary/aromatic N) is 1. The molecule has 0 unspecified atom stereocenters. The molecule has 4 heteroatoms. The molecule has 0 fully saturated rings. The first-order valence-corrected chi connectivity index (χ1v) is 7.00. The van der Waals surface area contributed by atoms with Crippen LogP contribution in [-0.4, -0.2) is 34.5 Å². The van der Waals surface area contributed by atoms with Crippen LogP contribution in [0.25, 0.3) is 0 Å². The Labute approximate surface area is 110 Å². The predicted octanol–water partition coefficient (Wildman–Crippen LogP) is 3.06. The lowest BCUT2D eigenvalue weighted by atomic mass is 10.1. The first kappa shape index (κ1) is 16.9. The van der Waals surface area contributed by atoms with Crippen molar-refractivity contribution in [1.29, 1.82) is 0 Å². The maximum Gasteiger partial charge on any atom is 0.303 e. The molecule has 0 radical (unpaired) electrons. The van der Waals surface area contributed by atoms with E-state index in [1.165, 1.54) is 12.8 Å².